The maximum absolute atomic E-state index is 11.5. The molecule has 3 nitrogen and oxygen atoms in total. The zero-order valence-corrected chi connectivity index (χ0v) is 10.6. The molecule has 2 rings (SSSR count). The Balaban J connectivity index is 2.49. The lowest BCUT2D eigenvalue weighted by atomic mass is 10.1. The fraction of sp³-hybridized carbons (Fsp3) is 0.333. The van der Waals surface area contributed by atoms with Crippen molar-refractivity contribution < 1.29 is 9.53 Å². The first-order valence-electron chi connectivity index (χ1n) is 5.24. The first-order valence-corrected chi connectivity index (χ1v) is 6.03. The number of halogens is 1. The number of esters is 1. The second-order valence-corrected chi connectivity index (χ2v) is 4.49. The van der Waals surface area contributed by atoms with Gasteiger partial charge >= 0.3 is 5.97 Å². The van der Waals surface area contributed by atoms with E-state index in [1.807, 2.05) is 6.07 Å². The smallest absolute Gasteiger partial charge is 0.339 e. The van der Waals surface area contributed by atoms with E-state index in [2.05, 4.69) is 27.0 Å². The zero-order valence-electron chi connectivity index (χ0n) is 9.00. The third-order valence-electron chi connectivity index (χ3n) is 2.41. The predicted molar refractivity (Wildman–Crippen MR) is 65.5 cm³/mol. The number of carbonyl (C=O) groups excluding carboxylic acids is 1. The monoisotopic (exact) mass is 281 g/mol. The summed E-state index contributed by atoms with van der Waals surface area (Å²) in [6.45, 7) is 2.18. The van der Waals surface area contributed by atoms with Gasteiger partial charge in [0.05, 0.1) is 17.5 Å². The molecule has 0 amide bonds. The van der Waals surface area contributed by atoms with Gasteiger partial charge in [0.2, 0.25) is 0 Å². The Morgan fingerprint density at radius 3 is 3.19 bits per heavy atom. The summed E-state index contributed by atoms with van der Waals surface area (Å²) >= 11 is 3.50. The number of aromatic nitrogens is 1. The van der Waals surface area contributed by atoms with Crippen molar-refractivity contribution in [2.24, 2.45) is 0 Å². The molecule has 1 aliphatic carbocycles. The highest BCUT2D eigenvalue weighted by molar-refractivity contribution is 9.14. The summed E-state index contributed by atoms with van der Waals surface area (Å²) in [7, 11) is 0. The van der Waals surface area contributed by atoms with Crippen molar-refractivity contribution in [3.63, 3.8) is 0 Å². The molecule has 0 unspecified atom stereocenters. The highest BCUT2D eigenvalue weighted by Gasteiger charge is 2.09. The summed E-state index contributed by atoms with van der Waals surface area (Å²) in [5.41, 5.74) is 0.513. The number of hydrogen-bond acceptors (Lipinski definition) is 3. The third kappa shape index (κ3) is 2.16. The summed E-state index contributed by atoms with van der Waals surface area (Å²) in [5, 5.41) is 1.93. The first-order chi connectivity index (χ1) is 7.72. The van der Waals surface area contributed by atoms with E-state index in [9.17, 15) is 4.79 Å². The highest BCUT2D eigenvalue weighted by atomic mass is 79.9. The average molecular weight is 282 g/mol. The molecule has 4 heteroatoms. The molecule has 0 spiro atoms. The fourth-order valence-corrected chi connectivity index (χ4v) is 2.22. The van der Waals surface area contributed by atoms with Gasteiger partial charge in [-0.25, -0.2) is 4.79 Å². The number of fused-ring (bicyclic) bond motifs is 1. The van der Waals surface area contributed by atoms with Crippen LogP contribution in [0.2, 0.25) is 0 Å². The van der Waals surface area contributed by atoms with Gasteiger partial charge in [0.15, 0.2) is 0 Å². The van der Waals surface area contributed by atoms with E-state index in [0.717, 1.165) is 27.9 Å². The Hall–Kier alpha value is -1.16. The van der Waals surface area contributed by atoms with E-state index >= 15 is 0 Å². The summed E-state index contributed by atoms with van der Waals surface area (Å²) in [4.78, 5) is 15.8. The Morgan fingerprint density at radius 2 is 2.44 bits per heavy atom. The van der Waals surface area contributed by atoms with Gasteiger partial charge in [-0.2, -0.15) is 0 Å². The Bertz CT molecular complexity index is 536. The molecule has 0 bridgehead atoms. The van der Waals surface area contributed by atoms with E-state index in [1.165, 1.54) is 0 Å². The number of carbonyl (C=O) groups is 1. The van der Waals surface area contributed by atoms with Crippen LogP contribution in [0.15, 0.2) is 12.3 Å². The van der Waals surface area contributed by atoms with Gasteiger partial charge in [-0.3, -0.25) is 4.98 Å². The summed E-state index contributed by atoms with van der Waals surface area (Å²) < 4.78 is 6.03. The van der Waals surface area contributed by atoms with Crippen molar-refractivity contribution in [1.82, 2.24) is 4.98 Å². The number of hydrogen-bond donors (Lipinski definition) is 0. The Labute approximate surface area is 102 Å². The van der Waals surface area contributed by atoms with Crippen molar-refractivity contribution in [2.75, 3.05) is 6.61 Å². The van der Waals surface area contributed by atoms with Crippen LogP contribution in [0.4, 0.5) is 0 Å². The first kappa shape index (κ1) is 11.3. The van der Waals surface area contributed by atoms with Crippen LogP contribution in [-0.2, 0) is 4.74 Å². The topological polar surface area (TPSA) is 39.2 Å². The second kappa shape index (κ2) is 4.78. The van der Waals surface area contributed by atoms with Crippen molar-refractivity contribution in [3.05, 3.63) is 28.4 Å². The predicted octanol–water partition coefficient (Wildman–Crippen LogP) is 1.34. The third-order valence-corrected chi connectivity index (χ3v) is 3.19. The molecular formula is C12H12BrNO2. The maximum atomic E-state index is 11.5. The van der Waals surface area contributed by atoms with Gasteiger partial charge in [-0.1, -0.05) is 22.0 Å². The van der Waals surface area contributed by atoms with Crippen molar-refractivity contribution >= 4 is 32.5 Å². The number of ether oxygens (including phenoxy) is 1. The number of nitrogens with zero attached hydrogens (tertiary/aromatic N) is 1. The fourth-order valence-electron chi connectivity index (χ4n) is 1.66. The van der Waals surface area contributed by atoms with E-state index < -0.39 is 0 Å². The van der Waals surface area contributed by atoms with Gasteiger partial charge in [-0.15, -0.1) is 0 Å². The molecule has 0 atom stereocenters. The molecule has 1 heterocycles. The molecule has 0 radical (unpaired) electrons. The van der Waals surface area contributed by atoms with Crippen LogP contribution in [0.25, 0.3) is 10.6 Å². The van der Waals surface area contributed by atoms with Gasteiger partial charge in [0.25, 0.3) is 0 Å². The van der Waals surface area contributed by atoms with Gasteiger partial charge in [0, 0.05) is 10.7 Å². The lowest BCUT2D eigenvalue weighted by molar-refractivity contribution is 0.0525. The van der Waals surface area contributed by atoms with E-state index in [1.54, 1.807) is 13.1 Å². The summed E-state index contributed by atoms with van der Waals surface area (Å²) in [6.07, 6.45) is 5.60. The molecule has 0 aliphatic heterocycles. The van der Waals surface area contributed by atoms with Crippen LogP contribution in [0, 0.1) is 0 Å². The standard InChI is InChI=1S/C12H12BrNO2/c1-2-16-12(15)9-6-8-4-3-5-10(13)11(8)14-7-9/h4,6-7H,2-3,5H2,1H3. The van der Waals surface area contributed by atoms with E-state index in [4.69, 9.17) is 4.74 Å². The van der Waals surface area contributed by atoms with E-state index in [-0.39, 0.29) is 5.97 Å². The Morgan fingerprint density at radius 1 is 1.62 bits per heavy atom. The average Bonchev–Trinajstić information content (AvgIpc) is 2.29. The normalized spacial score (nSPS) is 14.0. The van der Waals surface area contributed by atoms with Gasteiger partial charge in [0.1, 0.15) is 0 Å². The minimum atomic E-state index is -0.312. The van der Waals surface area contributed by atoms with Crippen LogP contribution < -0.4 is 10.6 Å². The summed E-state index contributed by atoms with van der Waals surface area (Å²) in [5.74, 6) is -0.312. The molecule has 16 heavy (non-hydrogen) atoms. The van der Waals surface area contributed by atoms with Crippen LogP contribution in [0.3, 0.4) is 0 Å². The van der Waals surface area contributed by atoms with Gasteiger partial charge in [-0.05, 0) is 31.1 Å². The van der Waals surface area contributed by atoms with E-state index in [0.29, 0.717) is 12.2 Å². The molecule has 1 aromatic heterocycles. The molecule has 0 aromatic carbocycles. The molecule has 1 aliphatic rings. The highest BCUT2D eigenvalue weighted by Crippen LogP contribution is 2.13. The SMILES string of the molecule is CCOC(=O)c1cnc2c(c1)=CCCC=2Br. The molecule has 0 saturated heterocycles. The lowest BCUT2D eigenvalue weighted by Gasteiger charge is -2.05. The Kier molecular flexibility index (Phi) is 3.39. The molecule has 0 saturated carbocycles. The largest absolute Gasteiger partial charge is 0.462 e. The van der Waals surface area contributed by atoms with Gasteiger partial charge < -0.3 is 4.74 Å². The van der Waals surface area contributed by atoms with Crippen LogP contribution in [0.1, 0.15) is 30.1 Å². The maximum Gasteiger partial charge on any atom is 0.339 e. The van der Waals surface area contributed by atoms with Crippen LogP contribution in [0.5, 0.6) is 0 Å². The van der Waals surface area contributed by atoms with Crippen LogP contribution >= 0.6 is 15.9 Å². The molecular weight excluding hydrogens is 270 g/mol. The minimum absolute atomic E-state index is 0.312. The molecule has 1 aromatic rings. The number of rotatable bonds is 2. The lowest BCUT2D eigenvalue weighted by Crippen LogP contribution is -2.32. The van der Waals surface area contributed by atoms with Crippen molar-refractivity contribution in [3.8, 4) is 0 Å². The zero-order chi connectivity index (χ0) is 11.5. The van der Waals surface area contributed by atoms with Crippen molar-refractivity contribution in [1.29, 1.82) is 0 Å². The molecule has 0 N–H and O–H groups in total. The molecule has 0 fully saturated rings. The summed E-state index contributed by atoms with van der Waals surface area (Å²) in [6, 6.07) is 1.83. The number of pyridine rings is 1. The second-order valence-electron chi connectivity index (χ2n) is 3.53. The quantitative estimate of drug-likeness (QED) is 0.768. The minimum Gasteiger partial charge on any atom is -0.462 e. The molecule has 84 valence electrons. The van der Waals surface area contributed by atoms with Crippen LogP contribution in [-0.4, -0.2) is 17.6 Å². The van der Waals surface area contributed by atoms with Crippen molar-refractivity contribution in [2.45, 2.75) is 19.8 Å².